The molecule has 0 saturated heterocycles. The fraction of sp³-hybridized carbons (Fsp3) is 0.357. The van der Waals surface area contributed by atoms with Crippen LogP contribution in [0.1, 0.15) is 34.6 Å². The molecule has 0 radical (unpaired) electrons. The summed E-state index contributed by atoms with van der Waals surface area (Å²) in [6.07, 6.45) is 0. The van der Waals surface area contributed by atoms with Gasteiger partial charge in [0, 0.05) is 6.04 Å². The topological polar surface area (TPSA) is 81.7 Å². The molecule has 0 fully saturated rings. The van der Waals surface area contributed by atoms with E-state index in [0.717, 1.165) is 0 Å². The third-order valence-electron chi connectivity index (χ3n) is 2.34. The van der Waals surface area contributed by atoms with Crippen LogP contribution >= 0.6 is 0 Å². The van der Waals surface area contributed by atoms with Crippen molar-refractivity contribution in [3.8, 4) is 0 Å². The predicted molar refractivity (Wildman–Crippen MR) is 71.3 cm³/mol. The molecule has 108 valence electrons. The first kappa shape index (κ1) is 15.7. The Morgan fingerprint density at radius 2 is 1.65 bits per heavy atom. The Morgan fingerprint density at radius 3 is 2.15 bits per heavy atom. The number of carbonyl (C=O) groups is 3. The number of hydrogen-bond donors (Lipinski definition) is 1. The van der Waals surface area contributed by atoms with E-state index in [0.29, 0.717) is 0 Å². The van der Waals surface area contributed by atoms with E-state index in [2.05, 4.69) is 10.1 Å². The molecule has 0 bridgehead atoms. The van der Waals surface area contributed by atoms with E-state index < -0.39 is 24.5 Å². The minimum absolute atomic E-state index is 0.0384. The van der Waals surface area contributed by atoms with Gasteiger partial charge in [-0.2, -0.15) is 0 Å². The molecule has 6 heteroatoms. The minimum atomic E-state index is -0.745. The molecule has 0 aromatic heterocycles. The SMILES string of the molecule is COC(=O)c1ccccc1C(=O)OCC(=O)NC(C)C. The Bertz CT molecular complexity index is 510. The third kappa shape index (κ3) is 4.38. The normalized spacial score (nSPS) is 10.0. The maximum atomic E-state index is 11.9. The predicted octanol–water partition coefficient (Wildman–Crippen LogP) is 1.15. The maximum absolute atomic E-state index is 11.9. The van der Waals surface area contributed by atoms with Crippen LogP contribution in [0, 0.1) is 0 Å². The fourth-order valence-corrected chi connectivity index (χ4v) is 1.52. The number of hydrogen-bond acceptors (Lipinski definition) is 5. The van der Waals surface area contributed by atoms with E-state index >= 15 is 0 Å². The van der Waals surface area contributed by atoms with Crippen LogP contribution in [-0.2, 0) is 14.3 Å². The van der Waals surface area contributed by atoms with Crippen molar-refractivity contribution < 1.29 is 23.9 Å². The summed E-state index contributed by atoms with van der Waals surface area (Å²) in [4.78, 5) is 34.8. The molecule has 0 aliphatic rings. The Hall–Kier alpha value is -2.37. The number of carbonyl (C=O) groups excluding carboxylic acids is 3. The Balaban J connectivity index is 2.73. The number of ether oxygens (including phenoxy) is 2. The average molecular weight is 279 g/mol. The third-order valence-corrected chi connectivity index (χ3v) is 2.34. The van der Waals surface area contributed by atoms with Gasteiger partial charge in [-0.15, -0.1) is 0 Å². The monoisotopic (exact) mass is 279 g/mol. The maximum Gasteiger partial charge on any atom is 0.339 e. The number of rotatable bonds is 5. The van der Waals surface area contributed by atoms with Gasteiger partial charge in [0.05, 0.1) is 18.2 Å². The molecule has 0 aliphatic heterocycles. The molecule has 1 aromatic carbocycles. The molecule has 1 amide bonds. The molecular weight excluding hydrogens is 262 g/mol. The minimum Gasteiger partial charge on any atom is -0.465 e. The lowest BCUT2D eigenvalue weighted by atomic mass is 10.1. The number of benzene rings is 1. The van der Waals surface area contributed by atoms with Gasteiger partial charge in [-0.3, -0.25) is 4.79 Å². The molecule has 0 atom stereocenters. The zero-order valence-corrected chi connectivity index (χ0v) is 11.6. The van der Waals surface area contributed by atoms with E-state index in [9.17, 15) is 14.4 Å². The molecular formula is C14H17NO5. The Labute approximate surface area is 117 Å². The van der Waals surface area contributed by atoms with Crippen LogP contribution in [0.3, 0.4) is 0 Å². The van der Waals surface area contributed by atoms with Crippen molar-refractivity contribution in [1.29, 1.82) is 0 Å². The van der Waals surface area contributed by atoms with Crippen LogP contribution < -0.4 is 5.32 Å². The van der Waals surface area contributed by atoms with E-state index in [1.165, 1.54) is 19.2 Å². The number of methoxy groups -OCH3 is 1. The zero-order chi connectivity index (χ0) is 15.1. The smallest absolute Gasteiger partial charge is 0.339 e. The number of amides is 1. The van der Waals surface area contributed by atoms with Gasteiger partial charge in [0.25, 0.3) is 5.91 Å². The van der Waals surface area contributed by atoms with Gasteiger partial charge in [-0.05, 0) is 26.0 Å². The second kappa shape index (κ2) is 7.28. The van der Waals surface area contributed by atoms with E-state index in [1.54, 1.807) is 26.0 Å². The summed E-state index contributed by atoms with van der Waals surface area (Å²) < 4.78 is 9.45. The van der Waals surface area contributed by atoms with Gasteiger partial charge in [0.15, 0.2) is 6.61 Å². The van der Waals surface area contributed by atoms with Crippen molar-refractivity contribution in [3.05, 3.63) is 35.4 Å². The first-order valence-corrected chi connectivity index (χ1v) is 6.09. The highest BCUT2D eigenvalue weighted by Crippen LogP contribution is 2.11. The summed E-state index contributed by atoms with van der Waals surface area (Å²) in [7, 11) is 1.22. The quantitative estimate of drug-likeness (QED) is 0.818. The Morgan fingerprint density at radius 1 is 1.10 bits per heavy atom. The van der Waals surface area contributed by atoms with E-state index in [-0.39, 0.29) is 17.2 Å². The first-order chi connectivity index (χ1) is 9.45. The van der Waals surface area contributed by atoms with Crippen LogP contribution in [-0.4, -0.2) is 37.6 Å². The standard InChI is InChI=1S/C14H17NO5/c1-9(2)15-12(16)8-20-14(18)11-7-5-4-6-10(11)13(17)19-3/h4-7,9H,8H2,1-3H3,(H,15,16). The van der Waals surface area contributed by atoms with E-state index in [1.807, 2.05) is 0 Å². The molecule has 1 rings (SSSR count). The van der Waals surface area contributed by atoms with Gasteiger partial charge >= 0.3 is 11.9 Å². The molecule has 0 heterocycles. The van der Waals surface area contributed by atoms with E-state index in [4.69, 9.17) is 4.74 Å². The lowest BCUT2D eigenvalue weighted by Crippen LogP contribution is -2.34. The van der Waals surface area contributed by atoms with Crippen molar-refractivity contribution >= 4 is 17.8 Å². The van der Waals surface area contributed by atoms with Crippen LogP contribution in [0.25, 0.3) is 0 Å². The van der Waals surface area contributed by atoms with Crippen molar-refractivity contribution in [2.24, 2.45) is 0 Å². The second-order valence-corrected chi connectivity index (χ2v) is 4.34. The number of nitrogens with one attached hydrogen (secondary N) is 1. The lowest BCUT2D eigenvalue weighted by molar-refractivity contribution is -0.124. The highest BCUT2D eigenvalue weighted by molar-refractivity contribution is 6.03. The van der Waals surface area contributed by atoms with Crippen molar-refractivity contribution in [2.75, 3.05) is 13.7 Å². The zero-order valence-electron chi connectivity index (χ0n) is 11.6. The van der Waals surface area contributed by atoms with Gasteiger partial charge < -0.3 is 14.8 Å². The van der Waals surface area contributed by atoms with Crippen molar-refractivity contribution in [1.82, 2.24) is 5.32 Å². The number of esters is 2. The second-order valence-electron chi connectivity index (χ2n) is 4.34. The summed E-state index contributed by atoms with van der Waals surface area (Å²) in [5.74, 6) is -1.78. The summed E-state index contributed by atoms with van der Waals surface area (Å²) in [5.41, 5.74) is 0.168. The first-order valence-electron chi connectivity index (χ1n) is 6.09. The van der Waals surface area contributed by atoms with Crippen LogP contribution in [0.4, 0.5) is 0 Å². The molecule has 0 unspecified atom stereocenters. The summed E-state index contributed by atoms with van der Waals surface area (Å²) in [5, 5.41) is 2.59. The van der Waals surface area contributed by atoms with Gasteiger partial charge in [0.1, 0.15) is 0 Å². The fourth-order valence-electron chi connectivity index (χ4n) is 1.52. The molecule has 1 aromatic rings. The molecule has 0 spiro atoms. The van der Waals surface area contributed by atoms with Crippen LogP contribution in [0.2, 0.25) is 0 Å². The highest BCUT2D eigenvalue weighted by atomic mass is 16.5. The molecule has 1 N–H and O–H groups in total. The molecule has 0 saturated carbocycles. The summed E-state index contributed by atoms with van der Waals surface area (Å²) in [6, 6.07) is 6.06. The molecule has 6 nitrogen and oxygen atoms in total. The van der Waals surface area contributed by atoms with Gasteiger partial charge in [-0.25, -0.2) is 9.59 Å². The highest BCUT2D eigenvalue weighted by Gasteiger charge is 2.19. The van der Waals surface area contributed by atoms with Crippen LogP contribution in [0.5, 0.6) is 0 Å². The van der Waals surface area contributed by atoms with Crippen molar-refractivity contribution in [3.63, 3.8) is 0 Å². The summed E-state index contributed by atoms with van der Waals surface area (Å²) in [6.45, 7) is 3.20. The van der Waals surface area contributed by atoms with Crippen LogP contribution in [0.15, 0.2) is 24.3 Å². The molecule has 0 aliphatic carbocycles. The molecule has 20 heavy (non-hydrogen) atoms. The van der Waals surface area contributed by atoms with Gasteiger partial charge in [-0.1, -0.05) is 12.1 Å². The van der Waals surface area contributed by atoms with Gasteiger partial charge in [0.2, 0.25) is 0 Å². The average Bonchev–Trinajstić information content (AvgIpc) is 2.43. The van der Waals surface area contributed by atoms with Crippen molar-refractivity contribution in [2.45, 2.75) is 19.9 Å². The lowest BCUT2D eigenvalue weighted by Gasteiger charge is -2.10. The Kier molecular flexibility index (Phi) is 5.71. The summed E-state index contributed by atoms with van der Waals surface area (Å²) >= 11 is 0. The largest absolute Gasteiger partial charge is 0.465 e.